The zero-order valence-corrected chi connectivity index (χ0v) is 15.7. The number of ether oxygens (including phenoxy) is 2. The standard InChI is InChI=1S/C18H22IO2/c1-11-9-17(20-5)13(3)7-15(11)19-16-8-14(4)18(21-6)10-12(16)2/h7-10H,1-6H3/q-1. The molecule has 0 unspecified atom stereocenters. The van der Waals surface area contributed by atoms with Crippen molar-refractivity contribution < 1.29 is 30.7 Å². The van der Waals surface area contributed by atoms with Crippen LogP contribution in [0.3, 0.4) is 0 Å². The van der Waals surface area contributed by atoms with E-state index in [2.05, 4.69) is 52.0 Å². The van der Waals surface area contributed by atoms with Crippen molar-refractivity contribution in [1.82, 2.24) is 0 Å². The Morgan fingerprint density at radius 2 is 1.00 bits per heavy atom. The summed E-state index contributed by atoms with van der Waals surface area (Å²) in [7, 11) is 3.46. The van der Waals surface area contributed by atoms with Gasteiger partial charge in [0, 0.05) is 0 Å². The van der Waals surface area contributed by atoms with Crippen molar-refractivity contribution in [2.45, 2.75) is 27.7 Å². The second-order valence-corrected chi connectivity index (χ2v) is 8.10. The molecule has 0 aliphatic rings. The maximum absolute atomic E-state index is 5.40. The summed E-state index contributed by atoms with van der Waals surface area (Å²) < 4.78 is 13.7. The van der Waals surface area contributed by atoms with E-state index in [1.807, 2.05) is 0 Å². The average molecular weight is 397 g/mol. The summed E-state index contributed by atoms with van der Waals surface area (Å²) in [5, 5.41) is 0. The molecule has 2 aromatic rings. The molecule has 0 N–H and O–H groups in total. The van der Waals surface area contributed by atoms with Gasteiger partial charge in [-0.3, -0.25) is 0 Å². The molecule has 0 saturated carbocycles. The Labute approximate surface area is 137 Å². The predicted molar refractivity (Wildman–Crippen MR) is 82.3 cm³/mol. The predicted octanol–water partition coefficient (Wildman–Crippen LogP) is 1.07. The fourth-order valence-corrected chi connectivity index (χ4v) is 5.30. The maximum atomic E-state index is 5.40. The molecule has 114 valence electrons. The number of methoxy groups -OCH3 is 2. The third-order valence-corrected chi connectivity index (χ3v) is 7.04. The van der Waals surface area contributed by atoms with Crippen LogP contribution < -0.4 is 30.7 Å². The molecule has 0 radical (unpaired) electrons. The molecule has 0 aliphatic heterocycles. The van der Waals surface area contributed by atoms with Gasteiger partial charge in [0.15, 0.2) is 0 Å². The zero-order chi connectivity index (χ0) is 15.6. The minimum absolute atomic E-state index is 0.196. The third-order valence-electron chi connectivity index (χ3n) is 3.56. The number of halogens is 1. The number of hydrogen-bond donors (Lipinski definition) is 0. The Bertz CT molecular complexity index is 605. The van der Waals surface area contributed by atoms with Gasteiger partial charge in [-0.2, -0.15) is 0 Å². The van der Waals surface area contributed by atoms with Crippen molar-refractivity contribution >= 4 is 0 Å². The first-order chi connectivity index (χ1) is 9.96. The summed E-state index contributed by atoms with van der Waals surface area (Å²) in [5.74, 6) is 1.95. The first-order valence-electron chi connectivity index (χ1n) is 6.91. The van der Waals surface area contributed by atoms with E-state index in [4.69, 9.17) is 9.47 Å². The molecular formula is C18H22IO2-. The normalized spacial score (nSPS) is 10.8. The van der Waals surface area contributed by atoms with E-state index in [1.54, 1.807) is 14.2 Å². The van der Waals surface area contributed by atoms with Crippen LogP contribution in [0.5, 0.6) is 11.5 Å². The number of rotatable bonds is 4. The molecule has 0 aromatic heterocycles. The molecule has 0 fully saturated rings. The van der Waals surface area contributed by atoms with Crippen LogP contribution in [-0.2, 0) is 0 Å². The second-order valence-electron chi connectivity index (χ2n) is 5.24. The van der Waals surface area contributed by atoms with Crippen LogP contribution in [0, 0.1) is 34.8 Å². The summed E-state index contributed by atoms with van der Waals surface area (Å²) >= 11 is -0.196. The summed E-state index contributed by atoms with van der Waals surface area (Å²) in [6.07, 6.45) is 0. The molecule has 2 nitrogen and oxygen atoms in total. The van der Waals surface area contributed by atoms with Crippen molar-refractivity contribution in [3.8, 4) is 11.5 Å². The minimum atomic E-state index is -0.196. The summed E-state index contributed by atoms with van der Waals surface area (Å²) in [6, 6.07) is 8.85. The average Bonchev–Trinajstić information content (AvgIpc) is 2.45. The van der Waals surface area contributed by atoms with Crippen LogP contribution in [0.4, 0.5) is 0 Å². The first-order valence-corrected chi connectivity index (χ1v) is 9.07. The zero-order valence-electron chi connectivity index (χ0n) is 13.5. The van der Waals surface area contributed by atoms with E-state index in [9.17, 15) is 0 Å². The molecule has 0 aliphatic carbocycles. The Hall–Kier alpha value is -1.23. The number of hydrogen-bond acceptors (Lipinski definition) is 2. The van der Waals surface area contributed by atoms with Gasteiger partial charge in [0.1, 0.15) is 0 Å². The Balaban J connectivity index is 2.39. The van der Waals surface area contributed by atoms with Crippen LogP contribution in [0.2, 0.25) is 0 Å². The van der Waals surface area contributed by atoms with Crippen LogP contribution in [0.15, 0.2) is 24.3 Å². The molecule has 2 rings (SSSR count). The fraction of sp³-hybridized carbons (Fsp3) is 0.333. The monoisotopic (exact) mass is 397 g/mol. The third kappa shape index (κ3) is 3.51. The van der Waals surface area contributed by atoms with E-state index in [1.165, 1.54) is 29.4 Å². The quantitative estimate of drug-likeness (QED) is 0.719. The molecule has 0 bridgehead atoms. The van der Waals surface area contributed by atoms with Crippen LogP contribution in [0.25, 0.3) is 0 Å². The van der Waals surface area contributed by atoms with Crippen LogP contribution >= 0.6 is 0 Å². The molecule has 0 amide bonds. The van der Waals surface area contributed by atoms with E-state index in [-0.39, 0.29) is 21.2 Å². The Kier molecular flexibility index (Phi) is 5.14. The number of benzene rings is 2. The van der Waals surface area contributed by atoms with Crippen LogP contribution in [0.1, 0.15) is 22.3 Å². The van der Waals surface area contributed by atoms with Crippen molar-refractivity contribution in [2.24, 2.45) is 0 Å². The van der Waals surface area contributed by atoms with Gasteiger partial charge in [-0.25, -0.2) is 0 Å². The van der Waals surface area contributed by atoms with Gasteiger partial charge in [0.25, 0.3) is 0 Å². The molecule has 0 heterocycles. The fourth-order valence-electron chi connectivity index (χ4n) is 2.26. The van der Waals surface area contributed by atoms with Gasteiger partial charge < -0.3 is 0 Å². The molecule has 21 heavy (non-hydrogen) atoms. The topological polar surface area (TPSA) is 18.5 Å². The Morgan fingerprint density at radius 1 is 0.619 bits per heavy atom. The summed E-state index contributed by atoms with van der Waals surface area (Å²) in [4.78, 5) is 0. The van der Waals surface area contributed by atoms with Crippen molar-refractivity contribution in [3.05, 3.63) is 53.7 Å². The number of aryl methyl sites for hydroxylation is 4. The Morgan fingerprint density at radius 3 is 1.33 bits per heavy atom. The van der Waals surface area contributed by atoms with Crippen molar-refractivity contribution in [1.29, 1.82) is 0 Å². The SMILES string of the molecule is COc1cc(C)c([I-]c2cc(C)c(OC)cc2C)cc1C. The second kappa shape index (κ2) is 6.69. The van der Waals surface area contributed by atoms with E-state index < -0.39 is 0 Å². The van der Waals surface area contributed by atoms with Gasteiger partial charge in [-0.15, -0.1) is 0 Å². The van der Waals surface area contributed by atoms with Gasteiger partial charge in [-0.1, -0.05) is 0 Å². The first kappa shape index (κ1) is 16.1. The van der Waals surface area contributed by atoms with E-state index in [0.717, 1.165) is 11.5 Å². The molecule has 0 atom stereocenters. The molecular weight excluding hydrogens is 375 g/mol. The van der Waals surface area contributed by atoms with Gasteiger partial charge in [0.2, 0.25) is 0 Å². The van der Waals surface area contributed by atoms with Gasteiger partial charge in [-0.05, 0) is 0 Å². The van der Waals surface area contributed by atoms with Crippen molar-refractivity contribution in [3.63, 3.8) is 0 Å². The molecule has 0 spiro atoms. The summed E-state index contributed by atoms with van der Waals surface area (Å²) in [6.45, 7) is 8.56. The summed E-state index contributed by atoms with van der Waals surface area (Å²) in [5.41, 5.74) is 5.05. The molecule has 2 aromatic carbocycles. The molecule has 0 saturated heterocycles. The van der Waals surface area contributed by atoms with Gasteiger partial charge >= 0.3 is 138 Å². The van der Waals surface area contributed by atoms with E-state index >= 15 is 0 Å². The molecule has 3 heteroatoms. The van der Waals surface area contributed by atoms with Crippen molar-refractivity contribution in [2.75, 3.05) is 14.2 Å². The van der Waals surface area contributed by atoms with Crippen LogP contribution in [-0.4, -0.2) is 14.2 Å². The van der Waals surface area contributed by atoms with Gasteiger partial charge in [0.05, 0.1) is 0 Å². The van der Waals surface area contributed by atoms with E-state index in [0.29, 0.717) is 0 Å².